The van der Waals surface area contributed by atoms with E-state index in [0.29, 0.717) is 5.82 Å². The second-order valence-electron chi connectivity index (χ2n) is 5.18. The molecule has 0 saturated heterocycles. The first-order valence-electron chi connectivity index (χ1n) is 7.11. The van der Waals surface area contributed by atoms with Crippen LogP contribution in [0.25, 0.3) is 11.4 Å². The molecule has 0 saturated carbocycles. The van der Waals surface area contributed by atoms with Crippen LogP contribution in [0, 0.1) is 18.6 Å². The monoisotopic (exact) mass is 329 g/mol. The number of rotatable bonds is 4. The molecule has 0 bridgehead atoms. The van der Waals surface area contributed by atoms with Crippen LogP contribution in [-0.4, -0.2) is 26.1 Å². The number of hydrogen-bond donors (Lipinski definition) is 1. The number of amides is 1. The van der Waals surface area contributed by atoms with Crippen molar-refractivity contribution in [3.8, 4) is 11.4 Å². The van der Waals surface area contributed by atoms with E-state index in [4.69, 9.17) is 0 Å². The molecule has 1 aromatic heterocycles. The largest absolute Gasteiger partial charge is 0.322 e. The first-order chi connectivity index (χ1) is 11.5. The van der Waals surface area contributed by atoms with Crippen LogP contribution in [0.4, 0.5) is 14.5 Å². The second kappa shape index (κ2) is 6.53. The zero-order valence-corrected chi connectivity index (χ0v) is 12.7. The van der Waals surface area contributed by atoms with Crippen LogP contribution in [0.2, 0.25) is 0 Å². The van der Waals surface area contributed by atoms with Gasteiger partial charge in [0.2, 0.25) is 11.7 Å². The maximum atomic E-state index is 13.5. The van der Waals surface area contributed by atoms with Gasteiger partial charge >= 0.3 is 0 Å². The number of tetrazole rings is 1. The SMILES string of the molecule is Cc1ccc(-c2nnn(CC(=O)Nc3cc(F)ccc3F)n2)cc1. The minimum atomic E-state index is -0.725. The van der Waals surface area contributed by atoms with Crippen molar-refractivity contribution in [3.05, 3.63) is 59.7 Å². The molecule has 0 unspecified atom stereocenters. The fourth-order valence-electron chi connectivity index (χ4n) is 2.04. The fraction of sp³-hybridized carbons (Fsp3) is 0.125. The maximum Gasteiger partial charge on any atom is 0.248 e. The Morgan fingerprint density at radius 3 is 2.67 bits per heavy atom. The number of nitrogens with one attached hydrogen (secondary N) is 1. The number of nitrogens with zero attached hydrogens (tertiary/aromatic N) is 4. The van der Waals surface area contributed by atoms with Gasteiger partial charge in [-0.15, -0.1) is 10.2 Å². The lowest BCUT2D eigenvalue weighted by molar-refractivity contribution is -0.117. The van der Waals surface area contributed by atoms with Gasteiger partial charge in [0.15, 0.2) is 0 Å². The summed E-state index contributed by atoms with van der Waals surface area (Å²) in [5.74, 6) is -1.59. The lowest BCUT2D eigenvalue weighted by Crippen LogP contribution is -2.21. The summed E-state index contributed by atoms with van der Waals surface area (Å²) >= 11 is 0. The molecule has 0 atom stereocenters. The highest BCUT2D eigenvalue weighted by molar-refractivity contribution is 5.90. The third-order valence-electron chi connectivity index (χ3n) is 3.25. The number of carbonyl (C=O) groups is 1. The molecule has 3 aromatic rings. The Labute approximate surface area is 136 Å². The number of benzene rings is 2. The number of hydrogen-bond acceptors (Lipinski definition) is 4. The normalized spacial score (nSPS) is 10.6. The van der Waals surface area contributed by atoms with Crippen LogP contribution in [-0.2, 0) is 11.3 Å². The van der Waals surface area contributed by atoms with E-state index in [1.165, 1.54) is 0 Å². The summed E-state index contributed by atoms with van der Waals surface area (Å²) in [5.41, 5.74) is 1.63. The predicted molar refractivity (Wildman–Crippen MR) is 83.0 cm³/mol. The number of halogens is 2. The van der Waals surface area contributed by atoms with Gasteiger partial charge in [-0.1, -0.05) is 29.8 Å². The highest BCUT2D eigenvalue weighted by atomic mass is 19.1. The van der Waals surface area contributed by atoms with E-state index in [-0.39, 0.29) is 12.2 Å². The lowest BCUT2D eigenvalue weighted by atomic mass is 10.1. The molecule has 0 radical (unpaired) electrons. The van der Waals surface area contributed by atoms with Crippen molar-refractivity contribution in [2.24, 2.45) is 0 Å². The molecule has 1 amide bonds. The molecule has 0 spiro atoms. The average molecular weight is 329 g/mol. The van der Waals surface area contributed by atoms with Crippen LogP contribution in [0.3, 0.4) is 0 Å². The molecule has 2 aromatic carbocycles. The molecule has 8 heteroatoms. The molecule has 6 nitrogen and oxygen atoms in total. The van der Waals surface area contributed by atoms with Gasteiger partial charge in [0.05, 0.1) is 5.69 Å². The summed E-state index contributed by atoms with van der Waals surface area (Å²) in [6, 6.07) is 10.3. The van der Waals surface area contributed by atoms with Crippen LogP contribution in [0.5, 0.6) is 0 Å². The number of carbonyl (C=O) groups excluding carboxylic acids is 1. The Bertz CT molecular complexity index is 876. The summed E-state index contributed by atoms with van der Waals surface area (Å²) in [5, 5.41) is 14.0. The summed E-state index contributed by atoms with van der Waals surface area (Å²) in [6.45, 7) is 1.69. The number of anilines is 1. The molecule has 122 valence electrons. The van der Waals surface area contributed by atoms with Crippen molar-refractivity contribution >= 4 is 11.6 Å². The molecular formula is C16H13F2N5O. The molecule has 0 fully saturated rings. The Morgan fingerprint density at radius 2 is 1.92 bits per heavy atom. The van der Waals surface area contributed by atoms with Crippen molar-refractivity contribution in [3.63, 3.8) is 0 Å². The summed E-state index contributed by atoms with van der Waals surface area (Å²) in [6.07, 6.45) is 0. The van der Waals surface area contributed by atoms with Gasteiger partial charge in [0, 0.05) is 11.6 Å². The summed E-state index contributed by atoms with van der Waals surface area (Å²) in [4.78, 5) is 13.0. The van der Waals surface area contributed by atoms with E-state index in [1.54, 1.807) is 0 Å². The molecule has 0 aliphatic carbocycles. The summed E-state index contributed by atoms with van der Waals surface area (Å²) in [7, 11) is 0. The zero-order chi connectivity index (χ0) is 17.1. The van der Waals surface area contributed by atoms with E-state index in [1.807, 2.05) is 31.2 Å². The van der Waals surface area contributed by atoms with Crippen molar-refractivity contribution in [2.75, 3.05) is 5.32 Å². The third kappa shape index (κ3) is 3.60. The zero-order valence-electron chi connectivity index (χ0n) is 12.7. The van der Waals surface area contributed by atoms with Crippen LogP contribution in [0.15, 0.2) is 42.5 Å². The fourth-order valence-corrected chi connectivity index (χ4v) is 2.04. The Morgan fingerprint density at radius 1 is 1.17 bits per heavy atom. The molecule has 0 aliphatic heterocycles. The van der Waals surface area contributed by atoms with Crippen molar-refractivity contribution in [1.29, 1.82) is 0 Å². The highest BCUT2D eigenvalue weighted by Gasteiger charge is 2.12. The number of aromatic nitrogens is 4. The summed E-state index contributed by atoms with van der Waals surface area (Å²) < 4.78 is 26.6. The minimum Gasteiger partial charge on any atom is -0.322 e. The molecule has 24 heavy (non-hydrogen) atoms. The quantitative estimate of drug-likeness (QED) is 0.798. The van der Waals surface area contributed by atoms with E-state index in [0.717, 1.165) is 34.1 Å². The van der Waals surface area contributed by atoms with Gasteiger partial charge in [-0.25, -0.2) is 8.78 Å². The molecule has 1 heterocycles. The predicted octanol–water partition coefficient (Wildman–Crippen LogP) is 2.57. The van der Waals surface area contributed by atoms with E-state index in [2.05, 4.69) is 20.7 Å². The molecule has 0 aliphatic rings. The van der Waals surface area contributed by atoms with Gasteiger partial charge < -0.3 is 5.32 Å². The van der Waals surface area contributed by atoms with Crippen LogP contribution >= 0.6 is 0 Å². The first-order valence-corrected chi connectivity index (χ1v) is 7.11. The maximum absolute atomic E-state index is 13.5. The first kappa shape index (κ1) is 15.7. The van der Waals surface area contributed by atoms with Crippen molar-refractivity contribution in [2.45, 2.75) is 13.5 Å². The Balaban J connectivity index is 1.69. The standard InChI is InChI=1S/C16H13F2N5O/c1-10-2-4-11(5-3-10)16-20-22-23(21-16)9-15(24)19-14-8-12(17)6-7-13(14)18/h2-8H,9H2,1H3,(H,19,24). The van der Waals surface area contributed by atoms with Gasteiger partial charge in [-0.2, -0.15) is 4.80 Å². The van der Waals surface area contributed by atoms with E-state index < -0.39 is 17.5 Å². The lowest BCUT2D eigenvalue weighted by Gasteiger charge is -2.05. The molecule has 1 N–H and O–H groups in total. The van der Waals surface area contributed by atoms with E-state index >= 15 is 0 Å². The third-order valence-corrected chi connectivity index (χ3v) is 3.25. The van der Waals surface area contributed by atoms with Crippen molar-refractivity contribution in [1.82, 2.24) is 20.2 Å². The van der Waals surface area contributed by atoms with Gasteiger partial charge in [-0.3, -0.25) is 4.79 Å². The van der Waals surface area contributed by atoms with Crippen LogP contribution < -0.4 is 5.32 Å². The van der Waals surface area contributed by atoms with Gasteiger partial charge in [-0.05, 0) is 24.3 Å². The smallest absolute Gasteiger partial charge is 0.248 e. The highest BCUT2D eigenvalue weighted by Crippen LogP contribution is 2.16. The van der Waals surface area contributed by atoms with Crippen LogP contribution in [0.1, 0.15) is 5.56 Å². The average Bonchev–Trinajstić information content (AvgIpc) is 3.00. The van der Waals surface area contributed by atoms with Crippen molar-refractivity contribution < 1.29 is 13.6 Å². The van der Waals surface area contributed by atoms with Gasteiger partial charge in [0.25, 0.3) is 0 Å². The number of aryl methyl sites for hydroxylation is 1. The minimum absolute atomic E-state index is 0.237. The molecular weight excluding hydrogens is 316 g/mol. The molecule has 3 rings (SSSR count). The Kier molecular flexibility index (Phi) is 4.28. The van der Waals surface area contributed by atoms with Gasteiger partial charge in [0.1, 0.15) is 18.2 Å². The second-order valence-corrected chi connectivity index (χ2v) is 5.18. The Hall–Kier alpha value is -3.16. The topological polar surface area (TPSA) is 72.7 Å². The van der Waals surface area contributed by atoms with E-state index in [9.17, 15) is 13.6 Å².